The predicted octanol–water partition coefficient (Wildman–Crippen LogP) is 1.79. The Morgan fingerprint density at radius 2 is 2.03 bits per heavy atom. The highest BCUT2D eigenvalue weighted by atomic mass is 79.9. The summed E-state index contributed by atoms with van der Waals surface area (Å²) < 4.78 is 13.8. The fraction of sp³-hybridized carbons (Fsp3) is 0.217. The molecule has 0 saturated carbocycles. The molecule has 188 valence electrons. The number of hydrazone groups is 1. The molecule has 4 rings (SSSR count). The molecular formula is C23H23BrN6O6. The van der Waals surface area contributed by atoms with Gasteiger partial charge >= 0.3 is 5.69 Å². The van der Waals surface area contributed by atoms with E-state index in [-0.39, 0.29) is 41.8 Å². The molecule has 13 heteroatoms. The number of aromatic hydroxyl groups is 1. The molecule has 12 nitrogen and oxygen atoms in total. The maximum Gasteiger partial charge on any atom is 0.329 e. The number of phenols is 1. The number of aromatic nitrogens is 4. The number of nitrogens with zero attached hydrogens (tertiary/aromatic N) is 4. The van der Waals surface area contributed by atoms with Crippen molar-refractivity contribution in [2.24, 2.45) is 12.1 Å². The molecule has 0 fully saturated rings. The van der Waals surface area contributed by atoms with Crippen LogP contribution in [-0.2, 0) is 13.6 Å². The van der Waals surface area contributed by atoms with Gasteiger partial charge in [-0.1, -0.05) is 18.2 Å². The molecular weight excluding hydrogens is 536 g/mol. The molecule has 2 heterocycles. The molecule has 1 unspecified atom stereocenters. The van der Waals surface area contributed by atoms with E-state index in [9.17, 15) is 19.8 Å². The highest BCUT2D eigenvalue weighted by Gasteiger charge is 2.20. The number of aliphatic hydroxyl groups excluding tert-OH is 1. The fourth-order valence-corrected chi connectivity index (χ4v) is 3.92. The minimum atomic E-state index is -1.01. The van der Waals surface area contributed by atoms with Crippen molar-refractivity contribution in [1.29, 1.82) is 0 Å². The van der Waals surface area contributed by atoms with Crippen LogP contribution in [0.4, 0.5) is 5.95 Å². The standard InChI is InChI=1S/C23H23BrN6O6/c1-29-20-18(21(33)27-23(29)34)30(11-14(31)12-36-15-6-4-3-5-7-15)22(26-20)28-25-10-13-8-16(24)19(32)17(9-13)35-2/h3-10,14,31-32H,11-12H2,1-2H3,(H,26,28)(H,27,33,34). The van der Waals surface area contributed by atoms with Crippen LogP contribution in [-0.4, -0.2) is 55.4 Å². The van der Waals surface area contributed by atoms with E-state index >= 15 is 0 Å². The second kappa shape index (κ2) is 10.7. The first kappa shape index (κ1) is 25.0. The zero-order chi connectivity index (χ0) is 25.8. The Bertz CT molecular complexity index is 1530. The number of benzene rings is 2. The molecule has 0 spiro atoms. The third-order valence-electron chi connectivity index (χ3n) is 5.23. The Kier molecular flexibility index (Phi) is 7.41. The summed E-state index contributed by atoms with van der Waals surface area (Å²) in [5.41, 5.74) is 2.28. The van der Waals surface area contributed by atoms with Crippen molar-refractivity contribution in [3.05, 3.63) is 73.3 Å². The smallest absolute Gasteiger partial charge is 0.329 e. The van der Waals surface area contributed by atoms with Crippen LogP contribution < -0.4 is 26.1 Å². The van der Waals surface area contributed by atoms with Gasteiger partial charge in [0, 0.05) is 7.05 Å². The topological polar surface area (TPSA) is 156 Å². The normalized spacial score (nSPS) is 12.2. The average molecular weight is 559 g/mol. The maximum atomic E-state index is 12.6. The van der Waals surface area contributed by atoms with Gasteiger partial charge in [-0.3, -0.25) is 14.3 Å². The SMILES string of the molecule is COc1cc(C=NNc2nc3c(c(=O)[nH]c(=O)n3C)n2CC(O)COc2ccccc2)cc(Br)c1O. The van der Waals surface area contributed by atoms with Crippen LogP contribution in [0.15, 0.2) is 61.6 Å². The maximum absolute atomic E-state index is 12.6. The predicted molar refractivity (Wildman–Crippen MR) is 137 cm³/mol. The monoisotopic (exact) mass is 558 g/mol. The van der Waals surface area contributed by atoms with Crippen molar-refractivity contribution in [3.63, 3.8) is 0 Å². The van der Waals surface area contributed by atoms with Crippen molar-refractivity contribution in [3.8, 4) is 17.2 Å². The second-order valence-corrected chi connectivity index (χ2v) is 8.59. The number of para-hydroxylation sites is 1. The molecule has 36 heavy (non-hydrogen) atoms. The van der Waals surface area contributed by atoms with Crippen LogP contribution in [0.2, 0.25) is 0 Å². The Balaban J connectivity index is 1.64. The van der Waals surface area contributed by atoms with Crippen molar-refractivity contribution in [2.75, 3.05) is 19.1 Å². The molecule has 0 bridgehead atoms. The number of fused-ring (bicyclic) bond motifs is 1. The Morgan fingerprint density at radius 1 is 1.28 bits per heavy atom. The number of hydrogen-bond acceptors (Lipinski definition) is 9. The van der Waals surface area contributed by atoms with Gasteiger partial charge in [-0.25, -0.2) is 10.2 Å². The fourth-order valence-electron chi connectivity index (χ4n) is 3.46. The summed E-state index contributed by atoms with van der Waals surface area (Å²) in [4.78, 5) is 31.3. The summed E-state index contributed by atoms with van der Waals surface area (Å²) in [6.45, 7) is -0.113. The van der Waals surface area contributed by atoms with E-state index in [4.69, 9.17) is 9.47 Å². The first-order valence-electron chi connectivity index (χ1n) is 10.7. The highest BCUT2D eigenvalue weighted by Crippen LogP contribution is 2.34. The number of halogens is 1. The number of nitrogens with one attached hydrogen (secondary N) is 2. The van der Waals surface area contributed by atoms with E-state index in [1.54, 1.807) is 24.3 Å². The van der Waals surface area contributed by atoms with Gasteiger partial charge in [-0.05, 0) is 45.8 Å². The summed E-state index contributed by atoms with van der Waals surface area (Å²) in [5, 5.41) is 24.8. The largest absolute Gasteiger partial charge is 0.503 e. The van der Waals surface area contributed by atoms with Crippen molar-refractivity contribution < 1.29 is 19.7 Å². The highest BCUT2D eigenvalue weighted by molar-refractivity contribution is 9.10. The number of anilines is 1. The molecule has 0 radical (unpaired) electrons. The first-order valence-corrected chi connectivity index (χ1v) is 11.5. The number of hydrogen-bond donors (Lipinski definition) is 4. The van der Waals surface area contributed by atoms with Crippen molar-refractivity contribution in [1.82, 2.24) is 19.1 Å². The molecule has 0 aliphatic heterocycles. The summed E-state index contributed by atoms with van der Waals surface area (Å²) >= 11 is 3.25. The molecule has 2 aromatic heterocycles. The van der Waals surface area contributed by atoms with Gasteiger partial charge in [0.05, 0.1) is 24.3 Å². The second-order valence-electron chi connectivity index (χ2n) is 7.74. The van der Waals surface area contributed by atoms with Gasteiger partial charge in [0.15, 0.2) is 22.7 Å². The van der Waals surface area contributed by atoms with Crippen LogP contribution in [0.3, 0.4) is 0 Å². The zero-order valence-electron chi connectivity index (χ0n) is 19.3. The summed E-state index contributed by atoms with van der Waals surface area (Å²) in [6.07, 6.45) is 0.440. The number of rotatable bonds is 9. The molecule has 4 N–H and O–H groups in total. The third-order valence-corrected chi connectivity index (χ3v) is 5.84. The molecule has 0 saturated heterocycles. The molecule has 0 aliphatic rings. The molecule has 1 atom stereocenters. The lowest BCUT2D eigenvalue weighted by Crippen LogP contribution is -2.30. The van der Waals surface area contributed by atoms with Crippen molar-refractivity contribution >= 4 is 39.3 Å². The van der Waals surface area contributed by atoms with Crippen LogP contribution in [0.5, 0.6) is 17.2 Å². The number of imidazole rings is 1. The van der Waals surface area contributed by atoms with Gasteiger partial charge in [-0.2, -0.15) is 10.1 Å². The third kappa shape index (κ3) is 5.26. The van der Waals surface area contributed by atoms with Gasteiger partial charge in [-0.15, -0.1) is 0 Å². The zero-order valence-corrected chi connectivity index (χ0v) is 20.9. The van der Waals surface area contributed by atoms with Gasteiger partial charge < -0.3 is 24.3 Å². The van der Waals surface area contributed by atoms with Crippen LogP contribution in [0, 0.1) is 0 Å². The Morgan fingerprint density at radius 3 is 2.75 bits per heavy atom. The molecule has 4 aromatic rings. The Labute approximate surface area is 212 Å². The van der Waals surface area contributed by atoms with E-state index in [1.165, 1.54) is 29.5 Å². The van der Waals surface area contributed by atoms with E-state index in [0.717, 1.165) is 0 Å². The van der Waals surface area contributed by atoms with Crippen LogP contribution in [0.1, 0.15) is 5.56 Å². The van der Waals surface area contributed by atoms with E-state index in [2.05, 4.69) is 36.4 Å². The number of phenolic OH excluding ortho intramolecular Hbond substituents is 1. The lowest BCUT2D eigenvalue weighted by Gasteiger charge is -2.15. The number of ether oxygens (including phenoxy) is 2. The van der Waals surface area contributed by atoms with E-state index < -0.39 is 17.4 Å². The first-order chi connectivity index (χ1) is 17.3. The number of aromatic amines is 1. The van der Waals surface area contributed by atoms with Gasteiger partial charge in [0.25, 0.3) is 5.56 Å². The van der Waals surface area contributed by atoms with Gasteiger partial charge in [0.2, 0.25) is 5.95 Å². The minimum Gasteiger partial charge on any atom is -0.503 e. The quantitative estimate of drug-likeness (QED) is 0.179. The molecule has 0 amide bonds. The molecule has 0 aliphatic carbocycles. The number of aryl methyl sites for hydroxylation is 1. The van der Waals surface area contributed by atoms with Crippen molar-refractivity contribution in [2.45, 2.75) is 12.6 Å². The van der Waals surface area contributed by atoms with E-state index in [0.29, 0.717) is 15.8 Å². The lowest BCUT2D eigenvalue weighted by atomic mass is 10.2. The van der Waals surface area contributed by atoms with Gasteiger partial charge in [0.1, 0.15) is 18.5 Å². The summed E-state index contributed by atoms with van der Waals surface area (Å²) in [5.74, 6) is 0.916. The number of H-pyrrole nitrogens is 1. The van der Waals surface area contributed by atoms with Crippen LogP contribution >= 0.6 is 15.9 Å². The number of methoxy groups -OCH3 is 1. The Hall–Kier alpha value is -4.10. The number of aliphatic hydroxyl groups is 1. The van der Waals surface area contributed by atoms with E-state index in [1.807, 2.05) is 18.2 Å². The summed E-state index contributed by atoms with van der Waals surface area (Å²) in [6, 6.07) is 12.2. The molecule has 2 aromatic carbocycles. The minimum absolute atomic E-state index is 0.0443. The lowest BCUT2D eigenvalue weighted by molar-refractivity contribution is 0.0938. The summed E-state index contributed by atoms with van der Waals surface area (Å²) in [7, 11) is 2.90. The average Bonchev–Trinajstić information content (AvgIpc) is 3.22. The van der Waals surface area contributed by atoms with Crippen LogP contribution in [0.25, 0.3) is 11.2 Å².